The highest BCUT2D eigenvalue weighted by Gasteiger charge is 2.20. The van der Waals surface area contributed by atoms with E-state index in [1.54, 1.807) is 23.9 Å². The monoisotopic (exact) mass is 289 g/mol. The third-order valence-corrected chi connectivity index (χ3v) is 3.13. The van der Waals surface area contributed by atoms with Crippen LogP contribution in [0.5, 0.6) is 0 Å². The molecule has 110 valence electrons. The fourth-order valence-electron chi connectivity index (χ4n) is 1.35. The third kappa shape index (κ3) is 8.67. The van der Waals surface area contributed by atoms with Crippen LogP contribution >= 0.6 is 11.8 Å². The van der Waals surface area contributed by atoms with E-state index in [2.05, 4.69) is 10.1 Å². The van der Waals surface area contributed by atoms with Gasteiger partial charge < -0.3 is 15.2 Å². The predicted octanol–water partition coefficient (Wildman–Crippen LogP) is 0.972. The van der Waals surface area contributed by atoms with Crippen molar-refractivity contribution >= 4 is 23.6 Å². The van der Waals surface area contributed by atoms with Gasteiger partial charge in [0.1, 0.15) is 6.04 Å². The summed E-state index contributed by atoms with van der Waals surface area (Å²) in [4.78, 5) is 23.2. The molecule has 6 heteroatoms. The standard InChI is InChI=1S/C13H23NO4S/c1-10(9-15)5-4-6-12(16)14-11(7-8-19-3)13(17)18-2/h4-5,10-11,15H,6-9H2,1-3H3,(H,14,16)/b5-4+/t10-,11+/m1/s1. The molecule has 0 radical (unpaired) electrons. The number of esters is 1. The van der Waals surface area contributed by atoms with Gasteiger partial charge in [-0.1, -0.05) is 19.1 Å². The van der Waals surface area contributed by atoms with Crippen LogP contribution in [0.15, 0.2) is 12.2 Å². The maximum absolute atomic E-state index is 11.7. The molecule has 0 aromatic rings. The minimum Gasteiger partial charge on any atom is -0.467 e. The first-order valence-electron chi connectivity index (χ1n) is 6.18. The normalized spacial score (nSPS) is 14.1. The van der Waals surface area contributed by atoms with E-state index in [0.717, 1.165) is 5.75 Å². The first-order valence-corrected chi connectivity index (χ1v) is 7.58. The van der Waals surface area contributed by atoms with Crippen molar-refractivity contribution in [1.29, 1.82) is 0 Å². The van der Waals surface area contributed by atoms with Gasteiger partial charge in [0.05, 0.1) is 7.11 Å². The van der Waals surface area contributed by atoms with Crippen molar-refractivity contribution < 1.29 is 19.4 Å². The van der Waals surface area contributed by atoms with Gasteiger partial charge in [-0.3, -0.25) is 4.79 Å². The number of nitrogens with one attached hydrogen (secondary N) is 1. The summed E-state index contributed by atoms with van der Waals surface area (Å²) in [6.45, 7) is 1.90. The zero-order valence-corrected chi connectivity index (χ0v) is 12.5. The largest absolute Gasteiger partial charge is 0.467 e. The molecule has 2 N–H and O–H groups in total. The average molecular weight is 289 g/mol. The molecule has 0 heterocycles. The number of carbonyl (C=O) groups excluding carboxylic acids is 2. The summed E-state index contributed by atoms with van der Waals surface area (Å²) in [5, 5.41) is 11.5. The van der Waals surface area contributed by atoms with E-state index in [1.165, 1.54) is 7.11 Å². The molecule has 0 saturated heterocycles. The molecule has 5 nitrogen and oxygen atoms in total. The summed E-state index contributed by atoms with van der Waals surface area (Å²) in [7, 11) is 1.31. The topological polar surface area (TPSA) is 75.6 Å². The number of thioether (sulfide) groups is 1. The van der Waals surface area contributed by atoms with Gasteiger partial charge in [0.15, 0.2) is 0 Å². The maximum atomic E-state index is 11.7. The Morgan fingerprint density at radius 3 is 2.68 bits per heavy atom. The van der Waals surface area contributed by atoms with Crippen LogP contribution in [0.2, 0.25) is 0 Å². The predicted molar refractivity (Wildman–Crippen MR) is 77.0 cm³/mol. The van der Waals surface area contributed by atoms with Crippen LogP contribution in [-0.2, 0) is 14.3 Å². The number of amides is 1. The molecule has 0 aliphatic carbocycles. The first kappa shape index (κ1) is 18.0. The van der Waals surface area contributed by atoms with Gasteiger partial charge in [0.25, 0.3) is 0 Å². The lowest BCUT2D eigenvalue weighted by Gasteiger charge is -2.15. The molecular weight excluding hydrogens is 266 g/mol. The second kappa shape index (κ2) is 10.9. The van der Waals surface area contributed by atoms with Crippen molar-refractivity contribution in [3.05, 3.63) is 12.2 Å². The minimum absolute atomic E-state index is 0.0284. The highest BCUT2D eigenvalue weighted by Crippen LogP contribution is 2.03. The van der Waals surface area contributed by atoms with Crippen molar-refractivity contribution in [2.24, 2.45) is 5.92 Å². The molecule has 0 aliphatic heterocycles. The van der Waals surface area contributed by atoms with Crippen molar-refractivity contribution in [3.63, 3.8) is 0 Å². The Kier molecular flexibility index (Phi) is 10.3. The lowest BCUT2D eigenvalue weighted by atomic mass is 10.1. The van der Waals surface area contributed by atoms with Gasteiger partial charge in [-0.2, -0.15) is 11.8 Å². The summed E-state index contributed by atoms with van der Waals surface area (Å²) in [5.41, 5.74) is 0. The zero-order valence-electron chi connectivity index (χ0n) is 11.7. The molecule has 19 heavy (non-hydrogen) atoms. The highest BCUT2D eigenvalue weighted by molar-refractivity contribution is 7.98. The molecule has 0 rings (SSSR count). The summed E-state index contributed by atoms with van der Waals surface area (Å²) >= 11 is 1.61. The Morgan fingerprint density at radius 1 is 1.47 bits per heavy atom. The molecule has 0 bridgehead atoms. The molecule has 0 aliphatic rings. The summed E-state index contributed by atoms with van der Waals surface area (Å²) in [5.74, 6) is 0.158. The van der Waals surface area contributed by atoms with E-state index in [-0.39, 0.29) is 24.9 Å². The zero-order chi connectivity index (χ0) is 14.7. The molecule has 0 unspecified atom stereocenters. The number of aliphatic hydroxyl groups excluding tert-OH is 1. The van der Waals surface area contributed by atoms with Crippen molar-refractivity contribution in [1.82, 2.24) is 5.32 Å². The van der Waals surface area contributed by atoms with Crippen LogP contribution in [0.4, 0.5) is 0 Å². The van der Waals surface area contributed by atoms with E-state index < -0.39 is 12.0 Å². The second-order valence-electron chi connectivity index (χ2n) is 4.22. The molecule has 2 atom stereocenters. The van der Waals surface area contributed by atoms with Crippen LogP contribution < -0.4 is 5.32 Å². The fourth-order valence-corrected chi connectivity index (χ4v) is 1.82. The number of ether oxygens (including phenoxy) is 1. The number of aliphatic hydroxyl groups is 1. The van der Waals surface area contributed by atoms with Crippen LogP contribution in [0, 0.1) is 5.92 Å². The van der Waals surface area contributed by atoms with Crippen LogP contribution in [-0.4, -0.2) is 48.8 Å². The Bertz CT molecular complexity index is 307. The van der Waals surface area contributed by atoms with Crippen LogP contribution in [0.1, 0.15) is 19.8 Å². The molecule has 0 saturated carbocycles. The fraction of sp³-hybridized carbons (Fsp3) is 0.692. The van der Waals surface area contributed by atoms with E-state index in [0.29, 0.717) is 6.42 Å². The SMILES string of the molecule is COC(=O)[C@H](CCSC)NC(=O)C/C=C/[C@@H](C)CO. The van der Waals surface area contributed by atoms with Gasteiger partial charge in [-0.05, 0) is 24.3 Å². The number of hydrogen-bond donors (Lipinski definition) is 2. The molecule has 0 aromatic carbocycles. The van der Waals surface area contributed by atoms with Gasteiger partial charge in [0, 0.05) is 13.0 Å². The number of rotatable bonds is 9. The van der Waals surface area contributed by atoms with Gasteiger partial charge in [0.2, 0.25) is 5.91 Å². The van der Waals surface area contributed by atoms with Gasteiger partial charge in [-0.25, -0.2) is 4.79 Å². The quantitative estimate of drug-likeness (QED) is 0.489. The molecular formula is C13H23NO4S. The summed E-state index contributed by atoms with van der Waals surface area (Å²) in [6.07, 6.45) is 6.15. The number of carbonyl (C=O) groups is 2. The molecule has 0 aromatic heterocycles. The second-order valence-corrected chi connectivity index (χ2v) is 5.20. The van der Waals surface area contributed by atoms with Crippen molar-refractivity contribution in [2.45, 2.75) is 25.8 Å². The van der Waals surface area contributed by atoms with Crippen LogP contribution in [0.25, 0.3) is 0 Å². The van der Waals surface area contributed by atoms with E-state index >= 15 is 0 Å². The Hall–Kier alpha value is -1.01. The Balaban J connectivity index is 4.22. The number of hydrogen-bond acceptors (Lipinski definition) is 5. The van der Waals surface area contributed by atoms with Crippen LogP contribution in [0.3, 0.4) is 0 Å². The smallest absolute Gasteiger partial charge is 0.328 e. The van der Waals surface area contributed by atoms with Crippen molar-refractivity contribution in [2.75, 3.05) is 25.7 Å². The summed E-state index contributed by atoms with van der Waals surface area (Å²) in [6, 6.07) is -0.589. The highest BCUT2D eigenvalue weighted by atomic mass is 32.2. The molecule has 0 fully saturated rings. The maximum Gasteiger partial charge on any atom is 0.328 e. The van der Waals surface area contributed by atoms with Gasteiger partial charge in [-0.15, -0.1) is 0 Å². The lowest BCUT2D eigenvalue weighted by molar-refractivity contribution is -0.145. The molecule has 1 amide bonds. The summed E-state index contributed by atoms with van der Waals surface area (Å²) < 4.78 is 4.66. The first-order chi connectivity index (χ1) is 9.04. The van der Waals surface area contributed by atoms with Gasteiger partial charge >= 0.3 is 5.97 Å². The Labute approximate surface area is 118 Å². The Morgan fingerprint density at radius 2 is 2.16 bits per heavy atom. The van der Waals surface area contributed by atoms with E-state index in [4.69, 9.17) is 5.11 Å². The number of methoxy groups -OCH3 is 1. The third-order valence-electron chi connectivity index (χ3n) is 2.49. The lowest BCUT2D eigenvalue weighted by Crippen LogP contribution is -2.41. The molecule has 0 spiro atoms. The van der Waals surface area contributed by atoms with E-state index in [1.807, 2.05) is 13.2 Å². The van der Waals surface area contributed by atoms with E-state index in [9.17, 15) is 9.59 Å². The van der Waals surface area contributed by atoms with Crippen molar-refractivity contribution in [3.8, 4) is 0 Å². The minimum atomic E-state index is -0.589. The average Bonchev–Trinajstić information content (AvgIpc) is 2.42.